The van der Waals surface area contributed by atoms with Crippen molar-refractivity contribution in [1.82, 2.24) is 0 Å². The monoisotopic (exact) mass is 306 g/mol. The first-order chi connectivity index (χ1) is 9.40. The van der Waals surface area contributed by atoms with Gasteiger partial charge in [-0.15, -0.1) is 0 Å². The van der Waals surface area contributed by atoms with Crippen LogP contribution >= 0.6 is 12.2 Å². The molecule has 0 aromatic heterocycles. The first-order valence-corrected chi connectivity index (χ1v) is 6.06. The number of thiocarbonyl (C=S) groups is 1. The third-order valence-corrected chi connectivity index (χ3v) is 2.46. The summed E-state index contributed by atoms with van der Waals surface area (Å²) in [6.07, 6.45) is -2.68. The van der Waals surface area contributed by atoms with Gasteiger partial charge in [0.05, 0.1) is 18.7 Å². The fourth-order valence-electron chi connectivity index (χ4n) is 1.38. The van der Waals surface area contributed by atoms with Crippen LogP contribution in [-0.4, -0.2) is 30.5 Å². The van der Waals surface area contributed by atoms with Crippen molar-refractivity contribution >= 4 is 28.8 Å². The van der Waals surface area contributed by atoms with Crippen LogP contribution in [-0.2, 0) is 9.53 Å². The minimum absolute atomic E-state index is 0.0613. The zero-order valence-corrected chi connectivity index (χ0v) is 11.2. The summed E-state index contributed by atoms with van der Waals surface area (Å²) in [5.74, 6) is -1.01. The van der Waals surface area contributed by atoms with E-state index < -0.39 is 24.8 Å². The number of alkyl halides is 2. The number of anilines is 1. The molecule has 1 aromatic rings. The van der Waals surface area contributed by atoms with Crippen molar-refractivity contribution in [2.24, 2.45) is 5.73 Å². The molecule has 0 saturated carbocycles. The molecule has 0 unspecified atom stereocenters. The highest BCUT2D eigenvalue weighted by Crippen LogP contribution is 2.17. The summed E-state index contributed by atoms with van der Waals surface area (Å²) in [6.45, 7) is -0.859. The number of rotatable bonds is 7. The average molecular weight is 306 g/mol. The van der Waals surface area contributed by atoms with Gasteiger partial charge in [-0.05, 0) is 18.2 Å². The molecular formula is C12H13F3N2O2S. The highest BCUT2D eigenvalue weighted by atomic mass is 32.1. The quantitative estimate of drug-likeness (QED) is 0.598. The molecule has 1 rings (SSSR count). The number of benzene rings is 1. The average Bonchev–Trinajstić information content (AvgIpc) is 2.36. The van der Waals surface area contributed by atoms with Gasteiger partial charge >= 0.3 is 0 Å². The van der Waals surface area contributed by atoms with Crippen molar-refractivity contribution in [2.45, 2.75) is 12.8 Å². The molecule has 110 valence electrons. The van der Waals surface area contributed by atoms with Crippen molar-refractivity contribution in [3.8, 4) is 0 Å². The number of amides is 1. The maximum atomic E-state index is 13.1. The van der Waals surface area contributed by atoms with Crippen LogP contribution in [0.2, 0.25) is 0 Å². The Morgan fingerprint density at radius 3 is 2.75 bits per heavy atom. The zero-order valence-electron chi connectivity index (χ0n) is 10.4. The highest BCUT2D eigenvalue weighted by Gasteiger charge is 2.10. The van der Waals surface area contributed by atoms with Crippen LogP contribution in [0.25, 0.3) is 0 Å². The normalized spacial score (nSPS) is 10.6. The molecule has 0 spiro atoms. The van der Waals surface area contributed by atoms with Crippen molar-refractivity contribution in [3.63, 3.8) is 0 Å². The second-order valence-corrected chi connectivity index (χ2v) is 4.26. The second kappa shape index (κ2) is 7.81. The molecule has 0 aliphatic carbocycles. The second-order valence-electron chi connectivity index (χ2n) is 3.82. The van der Waals surface area contributed by atoms with E-state index in [-0.39, 0.29) is 29.3 Å². The number of nitrogens with one attached hydrogen (secondary N) is 1. The molecule has 0 radical (unpaired) electrons. The number of ether oxygens (including phenoxy) is 1. The van der Waals surface area contributed by atoms with Gasteiger partial charge in [-0.3, -0.25) is 4.79 Å². The van der Waals surface area contributed by atoms with Gasteiger partial charge in [0.15, 0.2) is 0 Å². The number of carbonyl (C=O) groups is 1. The lowest BCUT2D eigenvalue weighted by Crippen LogP contribution is -2.19. The van der Waals surface area contributed by atoms with E-state index >= 15 is 0 Å². The standard InChI is InChI=1S/C12H13F3N2O2S/c13-7-1-2-9(8(5-7)12(16)20)17-11(18)3-4-19-6-10(14)15/h1-2,5,10H,3-4,6H2,(H2,16,20)(H,17,18). The smallest absolute Gasteiger partial charge is 0.261 e. The van der Waals surface area contributed by atoms with Crippen LogP contribution < -0.4 is 11.1 Å². The van der Waals surface area contributed by atoms with E-state index in [0.717, 1.165) is 12.1 Å². The van der Waals surface area contributed by atoms with Crippen molar-refractivity contribution in [2.75, 3.05) is 18.5 Å². The van der Waals surface area contributed by atoms with Gasteiger partial charge in [0.1, 0.15) is 17.4 Å². The molecule has 0 saturated heterocycles. The zero-order chi connectivity index (χ0) is 15.1. The predicted octanol–water partition coefficient (Wildman–Crippen LogP) is 2.07. The summed E-state index contributed by atoms with van der Waals surface area (Å²) >= 11 is 4.75. The molecule has 0 aliphatic rings. The number of carbonyl (C=O) groups excluding carboxylic acids is 1. The Morgan fingerprint density at radius 2 is 2.15 bits per heavy atom. The Bertz CT molecular complexity index is 498. The van der Waals surface area contributed by atoms with Gasteiger partial charge < -0.3 is 15.8 Å². The van der Waals surface area contributed by atoms with Crippen LogP contribution in [0.5, 0.6) is 0 Å². The van der Waals surface area contributed by atoms with Crippen molar-refractivity contribution < 1.29 is 22.7 Å². The fourth-order valence-corrected chi connectivity index (χ4v) is 1.55. The summed E-state index contributed by atoms with van der Waals surface area (Å²) in [5, 5.41) is 2.47. The third kappa shape index (κ3) is 5.54. The van der Waals surface area contributed by atoms with Gasteiger partial charge in [0.25, 0.3) is 6.43 Å². The lowest BCUT2D eigenvalue weighted by molar-refractivity contribution is -0.117. The molecule has 0 heterocycles. The highest BCUT2D eigenvalue weighted by molar-refractivity contribution is 7.80. The van der Waals surface area contributed by atoms with Crippen LogP contribution in [0.3, 0.4) is 0 Å². The first kappa shape index (κ1) is 16.4. The number of hydrogen-bond acceptors (Lipinski definition) is 3. The SMILES string of the molecule is NC(=S)c1cc(F)ccc1NC(=O)CCOCC(F)F. The van der Waals surface area contributed by atoms with E-state index in [1.165, 1.54) is 6.07 Å². The molecule has 0 aliphatic heterocycles. The maximum Gasteiger partial charge on any atom is 0.261 e. The van der Waals surface area contributed by atoms with Gasteiger partial charge in [-0.2, -0.15) is 0 Å². The summed E-state index contributed by atoms with van der Waals surface area (Å²) in [5.41, 5.74) is 5.88. The van der Waals surface area contributed by atoms with Gasteiger partial charge in [0.2, 0.25) is 5.91 Å². The summed E-state index contributed by atoms with van der Waals surface area (Å²) in [7, 11) is 0. The van der Waals surface area contributed by atoms with Crippen LogP contribution in [0.15, 0.2) is 18.2 Å². The predicted molar refractivity (Wildman–Crippen MR) is 72.4 cm³/mol. The molecule has 1 amide bonds. The van der Waals surface area contributed by atoms with E-state index in [9.17, 15) is 18.0 Å². The molecule has 20 heavy (non-hydrogen) atoms. The van der Waals surface area contributed by atoms with Crippen molar-refractivity contribution in [3.05, 3.63) is 29.6 Å². The first-order valence-electron chi connectivity index (χ1n) is 5.65. The molecule has 1 aromatic carbocycles. The molecule has 0 bridgehead atoms. The topological polar surface area (TPSA) is 64.3 Å². The Hall–Kier alpha value is -1.67. The maximum absolute atomic E-state index is 13.1. The van der Waals surface area contributed by atoms with E-state index in [1.54, 1.807) is 0 Å². The minimum Gasteiger partial charge on any atom is -0.389 e. The van der Waals surface area contributed by atoms with Crippen LogP contribution in [0.1, 0.15) is 12.0 Å². The molecule has 4 nitrogen and oxygen atoms in total. The molecular weight excluding hydrogens is 293 g/mol. The number of hydrogen-bond donors (Lipinski definition) is 2. The summed E-state index contributed by atoms with van der Waals surface area (Å²) in [4.78, 5) is 11.5. The number of halogens is 3. The summed E-state index contributed by atoms with van der Waals surface area (Å²) < 4.78 is 41.2. The van der Waals surface area contributed by atoms with Gasteiger partial charge in [-0.1, -0.05) is 12.2 Å². The van der Waals surface area contributed by atoms with E-state index in [4.69, 9.17) is 18.0 Å². The Morgan fingerprint density at radius 1 is 1.45 bits per heavy atom. The Balaban J connectivity index is 2.55. The fraction of sp³-hybridized carbons (Fsp3) is 0.333. The van der Waals surface area contributed by atoms with Gasteiger partial charge in [-0.25, -0.2) is 13.2 Å². The van der Waals surface area contributed by atoms with Crippen LogP contribution in [0, 0.1) is 5.82 Å². The Kier molecular flexibility index (Phi) is 6.40. The minimum atomic E-state index is -2.57. The Labute approximate surface area is 119 Å². The van der Waals surface area contributed by atoms with Crippen molar-refractivity contribution in [1.29, 1.82) is 0 Å². The molecule has 8 heteroatoms. The summed E-state index contributed by atoms with van der Waals surface area (Å²) in [6, 6.07) is 3.57. The number of nitrogens with two attached hydrogens (primary N) is 1. The molecule has 0 atom stereocenters. The lowest BCUT2D eigenvalue weighted by atomic mass is 10.1. The molecule has 0 fully saturated rings. The van der Waals surface area contributed by atoms with E-state index in [1.807, 2.05) is 0 Å². The lowest BCUT2D eigenvalue weighted by Gasteiger charge is -2.10. The third-order valence-electron chi connectivity index (χ3n) is 2.24. The van der Waals surface area contributed by atoms with E-state index in [0.29, 0.717) is 0 Å². The van der Waals surface area contributed by atoms with Crippen LogP contribution in [0.4, 0.5) is 18.9 Å². The molecule has 3 N–H and O–H groups in total. The van der Waals surface area contributed by atoms with E-state index in [2.05, 4.69) is 10.1 Å². The largest absolute Gasteiger partial charge is 0.389 e. The van der Waals surface area contributed by atoms with Gasteiger partial charge in [0, 0.05) is 5.56 Å².